The van der Waals surface area contributed by atoms with E-state index in [1.165, 1.54) is 23.5 Å². The zero-order valence-corrected chi connectivity index (χ0v) is 15.3. The van der Waals surface area contributed by atoms with Crippen LogP contribution in [0.2, 0.25) is 0 Å². The molecule has 7 heteroatoms. The first-order valence-electron chi connectivity index (χ1n) is 7.92. The van der Waals surface area contributed by atoms with Gasteiger partial charge in [-0.05, 0) is 56.0 Å². The summed E-state index contributed by atoms with van der Waals surface area (Å²) in [5.74, 6) is -0.215. The van der Waals surface area contributed by atoms with Crippen LogP contribution in [0.5, 0.6) is 0 Å². The van der Waals surface area contributed by atoms with E-state index in [0.29, 0.717) is 10.6 Å². The van der Waals surface area contributed by atoms with Crippen molar-refractivity contribution in [3.8, 4) is 0 Å². The Morgan fingerprint density at radius 2 is 2.04 bits per heavy atom. The minimum Gasteiger partial charge on any atom is -0.321 e. The van der Waals surface area contributed by atoms with Crippen molar-refractivity contribution < 1.29 is 13.2 Å². The fourth-order valence-corrected chi connectivity index (χ4v) is 4.76. The minimum atomic E-state index is -3.53. The number of thiophene rings is 1. The third kappa shape index (κ3) is 3.85. The number of sulfonamides is 1. The maximum absolute atomic E-state index is 12.4. The molecule has 1 aromatic carbocycles. The molecule has 3 rings (SSSR count). The topological polar surface area (TPSA) is 75.3 Å². The van der Waals surface area contributed by atoms with Gasteiger partial charge in [-0.25, -0.2) is 13.1 Å². The molecule has 128 valence electrons. The van der Waals surface area contributed by atoms with Gasteiger partial charge in [0.25, 0.3) is 5.91 Å². The molecule has 2 aromatic rings. The first-order valence-corrected chi connectivity index (χ1v) is 10.2. The molecule has 0 spiro atoms. The van der Waals surface area contributed by atoms with Gasteiger partial charge < -0.3 is 5.32 Å². The molecule has 1 aliphatic rings. The number of carbonyl (C=O) groups is 1. The van der Waals surface area contributed by atoms with E-state index < -0.39 is 10.0 Å². The second-order valence-electron chi connectivity index (χ2n) is 5.92. The van der Waals surface area contributed by atoms with Gasteiger partial charge in [0.15, 0.2) is 0 Å². The number of hydrogen-bond acceptors (Lipinski definition) is 4. The summed E-state index contributed by atoms with van der Waals surface area (Å²) in [6.07, 6.45) is 2.65. The molecule has 1 heterocycles. The Balaban J connectivity index is 1.77. The van der Waals surface area contributed by atoms with Crippen LogP contribution in [0.25, 0.3) is 0 Å². The van der Waals surface area contributed by atoms with Gasteiger partial charge in [-0.15, -0.1) is 11.3 Å². The van der Waals surface area contributed by atoms with Crippen LogP contribution in [0, 0.1) is 6.92 Å². The zero-order valence-electron chi connectivity index (χ0n) is 13.6. The molecule has 1 saturated carbocycles. The van der Waals surface area contributed by atoms with E-state index >= 15 is 0 Å². The average Bonchev–Trinajstić information content (AvgIpc) is 3.26. The Morgan fingerprint density at radius 1 is 1.29 bits per heavy atom. The van der Waals surface area contributed by atoms with Crippen LogP contribution in [0.4, 0.5) is 5.69 Å². The number of amides is 1. The van der Waals surface area contributed by atoms with Crippen LogP contribution in [0.3, 0.4) is 0 Å². The van der Waals surface area contributed by atoms with Gasteiger partial charge in [0.05, 0.1) is 9.77 Å². The summed E-state index contributed by atoms with van der Waals surface area (Å²) in [5.41, 5.74) is 1.64. The SMILES string of the molecule is CCc1cc(C(=O)Nc2cccc(S(=O)(=O)NC3CC3)c2)sc1C. The number of benzene rings is 1. The molecule has 1 aliphatic carbocycles. The van der Waals surface area contributed by atoms with Crippen molar-refractivity contribution in [1.29, 1.82) is 0 Å². The number of carbonyl (C=O) groups excluding carboxylic acids is 1. The van der Waals surface area contributed by atoms with Gasteiger partial charge in [0.2, 0.25) is 10.0 Å². The summed E-state index contributed by atoms with van der Waals surface area (Å²) >= 11 is 1.45. The average molecular weight is 364 g/mol. The van der Waals surface area contributed by atoms with E-state index in [9.17, 15) is 13.2 Å². The molecule has 1 amide bonds. The molecular formula is C17H20N2O3S2. The number of nitrogens with one attached hydrogen (secondary N) is 2. The molecule has 0 aliphatic heterocycles. The highest BCUT2D eigenvalue weighted by atomic mass is 32.2. The third-order valence-electron chi connectivity index (χ3n) is 3.93. The monoisotopic (exact) mass is 364 g/mol. The molecule has 0 unspecified atom stereocenters. The molecular weight excluding hydrogens is 344 g/mol. The molecule has 1 fully saturated rings. The lowest BCUT2D eigenvalue weighted by atomic mass is 10.2. The third-order valence-corrected chi connectivity index (χ3v) is 6.54. The molecule has 24 heavy (non-hydrogen) atoms. The van der Waals surface area contributed by atoms with Crippen LogP contribution in [-0.2, 0) is 16.4 Å². The van der Waals surface area contributed by atoms with Crippen LogP contribution in [0.15, 0.2) is 35.2 Å². The highest BCUT2D eigenvalue weighted by Crippen LogP contribution is 2.25. The van der Waals surface area contributed by atoms with E-state index in [1.54, 1.807) is 12.1 Å². The van der Waals surface area contributed by atoms with Gasteiger partial charge in [-0.3, -0.25) is 4.79 Å². The Morgan fingerprint density at radius 3 is 2.67 bits per heavy atom. The summed E-state index contributed by atoms with van der Waals surface area (Å²) in [6, 6.07) is 8.29. The predicted octanol–water partition coefficient (Wildman–Crippen LogP) is 3.31. The van der Waals surface area contributed by atoms with Crippen molar-refractivity contribution in [3.05, 3.63) is 45.6 Å². The molecule has 0 atom stereocenters. The fourth-order valence-electron chi connectivity index (χ4n) is 2.41. The lowest BCUT2D eigenvalue weighted by Gasteiger charge is -2.08. The Bertz CT molecular complexity index is 868. The van der Waals surface area contributed by atoms with Gasteiger partial charge in [-0.2, -0.15) is 0 Å². The van der Waals surface area contributed by atoms with Crippen molar-refractivity contribution in [3.63, 3.8) is 0 Å². The van der Waals surface area contributed by atoms with Crippen molar-refractivity contribution in [1.82, 2.24) is 4.72 Å². The first-order chi connectivity index (χ1) is 11.4. The molecule has 0 saturated heterocycles. The van der Waals surface area contributed by atoms with Gasteiger partial charge >= 0.3 is 0 Å². The molecule has 0 bridgehead atoms. The lowest BCUT2D eigenvalue weighted by molar-refractivity contribution is 0.103. The number of anilines is 1. The highest BCUT2D eigenvalue weighted by molar-refractivity contribution is 7.89. The second-order valence-corrected chi connectivity index (χ2v) is 8.89. The molecule has 1 aromatic heterocycles. The van der Waals surface area contributed by atoms with Crippen molar-refractivity contribution in [2.45, 2.75) is 44.0 Å². The molecule has 5 nitrogen and oxygen atoms in total. The maximum Gasteiger partial charge on any atom is 0.265 e. The van der Waals surface area contributed by atoms with Gasteiger partial charge in [-0.1, -0.05) is 13.0 Å². The summed E-state index contributed by atoms with van der Waals surface area (Å²) in [5, 5.41) is 2.78. The summed E-state index contributed by atoms with van der Waals surface area (Å²) in [6.45, 7) is 4.05. The van der Waals surface area contributed by atoms with E-state index in [1.807, 2.05) is 13.0 Å². The van der Waals surface area contributed by atoms with Gasteiger partial charge in [0.1, 0.15) is 0 Å². The number of aryl methyl sites for hydroxylation is 2. The number of rotatable bonds is 6. The summed E-state index contributed by atoms with van der Waals surface area (Å²) in [4.78, 5) is 14.3. The normalized spacial score (nSPS) is 14.6. The van der Waals surface area contributed by atoms with Gasteiger partial charge in [0, 0.05) is 16.6 Å². The minimum absolute atomic E-state index is 0.0507. The second kappa shape index (κ2) is 6.66. The van der Waals surface area contributed by atoms with E-state index in [0.717, 1.165) is 29.7 Å². The van der Waals surface area contributed by atoms with E-state index in [4.69, 9.17) is 0 Å². The summed E-state index contributed by atoms with van der Waals surface area (Å²) < 4.78 is 27.2. The quantitative estimate of drug-likeness (QED) is 0.826. The van der Waals surface area contributed by atoms with Crippen LogP contribution < -0.4 is 10.0 Å². The van der Waals surface area contributed by atoms with E-state index in [2.05, 4.69) is 17.0 Å². The summed E-state index contributed by atoms with van der Waals surface area (Å²) in [7, 11) is -3.53. The smallest absolute Gasteiger partial charge is 0.265 e. The zero-order chi connectivity index (χ0) is 17.3. The first kappa shape index (κ1) is 17.1. The molecule has 0 radical (unpaired) electrons. The largest absolute Gasteiger partial charge is 0.321 e. The van der Waals surface area contributed by atoms with Crippen molar-refractivity contribution in [2.75, 3.05) is 5.32 Å². The fraction of sp³-hybridized carbons (Fsp3) is 0.353. The Kier molecular flexibility index (Phi) is 4.76. The lowest BCUT2D eigenvalue weighted by Crippen LogP contribution is -2.25. The van der Waals surface area contributed by atoms with Crippen molar-refractivity contribution in [2.24, 2.45) is 0 Å². The predicted molar refractivity (Wildman–Crippen MR) is 96.2 cm³/mol. The Labute approximate surface area is 146 Å². The van der Waals surface area contributed by atoms with Crippen LogP contribution >= 0.6 is 11.3 Å². The Hall–Kier alpha value is -1.70. The molecule has 2 N–H and O–H groups in total. The highest BCUT2D eigenvalue weighted by Gasteiger charge is 2.28. The standard InChI is InChI=1S/C17H20N2O3S2/c1-3-12-9-16(23-11(12)2)17(20)18-14-5-4-6-15(10-14)24(21,22)19-13-7-8-13/h4-6,9-10,13,19H,3,7-8H2,1-2H3,(H,18,20). The van der Waals surface area contributed by atoms with Crippen LogP contribution in [0.1, 0.15) is 39.9 Å². The van der Waals surface area contributed by atoms with Crippen molar-refractivity contribution >= 4 is 33.0 Å². The van der Waals surface area contributed by atoms with E-state index in [-0.39, 0.29) is 16.8 Å². The number of hydrogen-bond donors (Lipinski definition) is 2. The maximum atomic E-state index is 12.4. The van der Waals surface area contributed by atoms with Crippen LogP contribution in [-0.4, -0.2) is 20.4 Å².